The third kappa shape index (κ3) is 3.25. The lowest BCUT2D eigenvalue weighted by Gasteiger charge is -2.45. The molecule has 0 aromatic carbocycles. The fourth-order valence-electron chi connectivity index (χ4n) is 3.33. The molecule has 104 valence electrons. The van der Waals surface area contributed by atoms with E-state index >= 15 is 0 Å². The van der Waals surface area contributed by atoms with Crippen LogP contribution in [0, 0.1) is 5.92 Å². The number of nitrogens with one attached hydrogen (secondary N) is 1. The molecule has 2 saturated carbocycles. The number of likely N-dealkylation sites (tertiary alicyclic amines) is 1. The smallest absolute Gasteiger partial charge is 0.0604 e. The van der Waals surface area contributed by atoms with Gasteiger partial charge < -0.3 is 15.0 Å². The third-order valence-electron chi connectivity index (χ3n) is 4.91. The Morgan fingerprint density at radius 1 is 1.11 bits per heavy atom. The number of ether oxygens (including phenoxy) is 1. The third-order valence-corrected chi connectivity index (χ3v) is 4.91. The van der Waals surface area contributed by atoms with Gasteiger partial charge in [0.15, 0.2) is 0 Å². The molecule has 0 atom stereocenters. The summed E-state index contributed by atoms with van der Waals surface area (Å²) in [6, 6.07) is 1.62. The standard InChI is InChI=1S/C15H28N2O/c1-2-18-15-9-14(10-15)17-7-5-13(6-8-17)16-11-12-3-4-12/h12-16H,2-11H2,1H3. The van der Waals surface area contributed by atoms with Crippen LogP contribution in [0.3, 0.4) is 0 Å². The number of piperidine rings is 1. The van der Waals surface area contributed by atoms with E-state index in [4.69, 9.17) is 4.74 Å². The van der Waals surface area contributed by atoms with Gasteiger partial charge in [-0.25, -0.2) is 0 Å². The molecule has 1 saturated heterocycles. The molecule has 18 heavy (non-hydrogen) atoms. The first kappa shape index (κ1) is 12.9. The van der Waals surface area contributed by atoms with Crippen LogP contribution in [-0.4, -0.2) is 49.3 Å². The summed E-state index contributed by atoms with van der Waals surface area (Å²) >= 11 is 0. The van der Waals surface area contributed by atoms with Gasteiger partial charge in [0.25, 0.3) is 0 Å². The van der Waals surface area contributed by atoms with E-state index in [1.54, 1.807) is 0 Å². The van der Waals surface area contributed by atoms with Crippen molar-refractivity contribution in [1.82, 2.24) is 10.2 Å². The minimum Gasteiger partial charge on any atom is -0.378 e. The molecule has 0 amide bonds. The van der Waals surface area contributed by atoms with E-state index in [1.807, 2.05) is 0 Å². The predicted molar refractivity (Wildman–Crippen MR) is 73.8 cm³/mol. The Labute approximate surface area is 111 Å². The fraction of sp³-hybridized carbons (Fsp3) is 1.00. The van der Waals surface area contributed by atoms with E-state index in [9.17, 15) is 0 Å². The highest BCUT2D eigenvalue weighted by Gasteiger charge is 2.35. The molecule has 3 fully saturated rings. The van der Waals surface area contributed by atoms with Gasteiger partial charge in [-0.05, 0) is 71.0 Å². The molecule has 0 aromatic rings. The minimum atomic E-state index is 0.561. The first-order valence-electron chi connectivity index (χ1n) is 7.94. The van der Waals surface area contributed by atoms with E-state index in [2.05, 4.69) is 17.1 Å². The summed E-state index contributed by atoms with van der Waals surface area (Å²) in [4.78, 5) is 2.70. The van der Waals surface area contributed by atoms with Crippen molar-refractivity contribution in [2.24, 2.45) is 5.92 Å². The molecule has 2 aliphatic carbocycles. The fourth-order valence-corrected chi connectivity index (χ4v) is 3.33. The second-order valence-corrected chi connectivity index (χ2v) is 6.36. The highest BCUT2D eigenvalue weighted by Crippen LogP contribution is 2.31. The van der Waals surface area contributed by atoms with E-state index in [1.165, 1.54) is 58.2 Å². The summed E-state index contributed by atoms with van der Waals surface area (Å²) in [6.45, 7) is 6.85. The first-order chi connectivity index (χ1) is 8.85. The van der Waals surface area contributed by atoms with Crippen LogP contribution in [0.15, 0.2) is 0 Å². The van der Waals surface area contributed by atoms with Crippen molar-refractivity contribution in [3.8, 4) is 0 Å². The predicted octanol–water partition coefficient (Wildman–Crippen LogP) is 2.02. The van der Waals surface area contributed by atoms with Crippen LogP contribution in [0.4, 0.5) is 0 Å². The maximum Gasteiger partial charge on any atom is 0.0604 e. The molecule has 3 aliphatic rings. The molecule has 1 N–H and O–H groups in total. The Kier molecular flexibility index (Phi) is 4.22. The van der Waals surface area contributed by atoms with Crippen molar-refractivity contribution >= 4 is 0 Å². The van der Waals surface area contributed by atoms with Gasteiger partial charge in [0, 0.05) is 18.7 Å². The number of hydrogen-bond acceptors (Lipinski definition) is 3. The number of rotatable bonds is 6. The van der Waals surface area contributed by atoms with Gasteiger partial charge in [-0.15, -0.1) is 0 Å². The number of hydrogen-bond donors (Lipinski definition) is 1. The van der Waals surface area contributed by atoms with Crippen molar-refractivity contribution < 1.29 is 4.74 Å². The van der Waals surface area contributed by atoms with Gasteiger partial charge in [0.05, 0.1) is 6.10 Å². The highest BCUT2D eigenvalue weighted by molar-refractivity contribution is 4.91. The summed E-state index contributed by atoms with van der Waals surface area (Å²) in [5.41, 5.74) is 0. The Balaban J connectivity index is 1.30. The van der Waals surface area contributed by atoms with Crippen molar-refractivity contribution in [2.75, 3.05) is 26.2 Å². The van der Waals surface area contributed by atoms with Crippen LogP contribution < -0.4 is 5.32 Å². The summed E-state index contributed by atoms with van der Waals surface area (Å²) in [5, 5.41) is 3.76. The summed E-state index contributed by atoms with van der Waals surface area (Å²) < 4.78 is 5.65. The Bertz CT molecular complexity index is 253. The Hall–Kier alpha value is -0.120. The Morgan fingerprint density at radius 2 is 1.83 bits per heavy atom. The van der Waals surface area contributed by atoms with Gasteiger partial charge in [-0.2, -0.15) is 0 Å². The zero-order chi connectivity index (χ0) is 12.4. The second kappa shape index (κ2) is 5.89. The molecule has 0 bridgehead atoms. The summed E-state index contributed by atoms with van der Waals surface area (Å²) in [5.74, 6) is 1.02. The lowest BCUT2D eigenvalue weighted by molar-refractivity contribution is -0.0519. The minimum absolute atomic E-state index is 0.561. The quantitative estimate of drug-likeness (QED) is 0.783. The lowest BCUT2D eigenvalue weighted by Crippen LogP contribution is -2.53. The largest absolute Gasteiger partial charge is 0.378 e. The average Bonchev–Trinajstić information content (AvgIpc) is 3.16. The molecule has 0 aromatic heterocycles. The van der Waals surface area contributed by atoms with Crippen molar-refractivity contribution in [3.05, 3.63) is 0 Å². The zero-order valence-corrected chi connectivity index (χ0v) is 11.7. The topological polar surface area (TPSA) is 24.5 Å². The van der Waals surface area contributed by atoms with Crippen LogP contribution >= 0.6 is 0 Å². The van der Waals surface area contributed by atoms with E-state index in [0.29, 0.717) is 6.10 Å². The van der Waals surface area contributed by atoms with E-state index < -0.39 is 0 Å². The van der Waals surface area contributed by atoms with Crippen LogP contribution in [0.25, 0.3) is 0 Å². The molecule has 3 nitrogen and oxygen atoms in total. The molecule has 0 spiro atoms. The van der Waals surface area contributed by atoms with E-state index in [-0.39, 0.29) is 0 Å². The van der Waals surface area contributed by atoms with Crippen LogP contribution in [0.5, 0.6) is 0 Å². The normalized spacial score (nSPS) is 34.5. The van der Waals surface area contributed by atoms with Crippen LogP contribution in [0.2, 0.25) is 0 Å². The first-order valence-corrected chi connectivity index (χ1v) is 7.94. The van der Waals surface area contributed by atoms with Gasteiger partial charge in [0.2, 0.25) is 0 Å². The molecule has 3 rings (SSSR count). The van der Waals surface area contributed by atoms with Crippen molar-refractivity contribution in [1.29, 1.82) is 0 Å². The van der Waals surface area contributed by atoms with E-state index in [0.717, 1.165) is 24.6 Å². The lowest BCUT2D eigenvalue weighted by atomic mass is 9.86. The monoisotopic (exact) mass is 252 g/mol. The molecule has 1 heterocycles. The van der Waals surface area contributed by atoms with Gasteiger partial charge >= 0.3 is 0 Å². The van der Waals surface area contributed by atoms with Gasteiger partial charge in [-0.3, -0.25) is 0 Å². The maximum atomic E-state index is 5.65. The average molecular weight is 252 g/mol. The summed E-state index contributed by atoms with van der Waals surface area (Å²) in [6.07, 6.45) is 8.73. The van der Waals surface area contributed by atoms with Crippen LogP contribution in [0.1, 0.15) is 45.4 Å². The molecular formula is C15H28N2O. The molecule has 1 aliphatic heterocycles. The summed E-state index contributed by atoms with van der Waals surface area (Å²) in [7, 11) is 0. The number of nitrogens with zero attached hydrogens (tertiary/aromatic N) is 1. The molecular weight excluding hydrogens is 224 g/mol. The van der Waals surface area contributed by atoms with Crippen molar-refractivity contribution in [3.63, 3.8) is 0 Å². The molecule has 0 radical (unpaired) electrons. The maximum absolute atomic E-state index is 5.65. The Morgan fingerprint density at radius 3 is 2.44 bits per heavy atom. The van der Waals surface area contributed by atoms with Crippen LogP contribution in [-0.2, 0) is 4.74 Å². The zero-order valence-electron chi connectivity index (χ0n) is 11.7. The van der Waals surface area contributed by atoms with Gasteiger partial charge in [0.1, 0.15) is 0 Å². The molecule has 3 heteroatoms. The SMILES string of the molecule is CCOC1CC(N2CCC(NCC3CC3)CC2)C1. The highest BCUT2D eigenvalue weighted by atomic mass is 16.5. The van der Waals surface area contributed by atoms with Gasteiger partial charge in [-0.1, -0.05) is 0 Å². The second-order valence-electron chi connectivity index (χ2n) is 6.36. The van der Waals surface area contributed by atoms with Crippen molar-refractivity contribution in [2.45, 2.75) is 63.6 Å². The molecule has 0 unspecified atom stereocenters.